The molecule has 20 heavy (non-hydrogen) atoms. The molecule has 1 saturated carbocycles. The largest absolute Gasteiger partial charge is 0.481 e. The number of carbonyl (C=O) groups excluding carboxylic acids is 1. The van der Waals surface area contributed by atoms with Crippen LogP contribution in [0.3, 0.4) is 0 Å². The molecule has 2 fully saturated rings. The molecule has 2 unspecified atom stereocenters. The van der Waals surface area contributed by atoms with Gasteiger partial charge in [-0.1, -0.05) is 13.3 Å². The number of nitrogens with zero attached hydrogens (tertiary/aromatic N) is 1. The van der Waals surface area contributed by atoms with E-state index in [4.69, 9.17) is 5.11 Å². The van der Waals surface area contributed by atoms with Gasteiger partial charge in [0.2, 0.25) is 0 Å². The van der Waals surface area contributed by atoms with Crippen molar-refractivity contribution < 1.29 is 14.7 Å². The van der Waals surface area contributed by atoms with E-state index < -0.39 is 11.9 Å². The Kier molecular flexibility index (Phi) is 4.83. The first-order valence-electron chi connectivity index (χ1n) is 7.26. The molecule has 0 aromatic heterocycles. The van der Waals surface area contributed by atoms with Gasteiger partial charge in [-0.15, -0.1) is 0 Å². The summed E-state index contributed by atoms with van der Waals surface area (Å²) in [5.41, 5.74) is 0. The molecule has 0 spiro atoms. The van der Waals surface area contributed by atoms with Crippen LogP contribution in [0.15, 0.2) is 0 Å². The maximum absolute atomic E-state index is 12.2. The Hall–Kier alpha value is -0.910. The van der Waals surface area contributed by atoms with Crippen LogP contribution in [0.5, 0.6) is 0 Å². The van der Waals surface area contributed by atoms with E-state index in [2.05, 4.69) is 11.6 Å². The van der Waals surface area contributed by atoms with Crippen molar-refractivity contribution in [3.63, 3.8) is 0 Å². The summed E-state index contributed by atoms with van der Waals surface area (Å²) >= 11 is 1.83. The maximum atomic E-state index is 12.2. The van der Waals surface area contributed by atoms with E-state index in [1.807, 2.05) is 18.7 Å². The average Bonchev–Trinajstić information content (AvgIpc) is 2.37. The number of carbonyl (C=O) groups is 2. The summed E-state index contributed by atoms with van der Waals surface area (Å²) < 4.78 is 0.212. The van der Waals surface area contributed by atoms with Gasteiger partial charge in [0.05, 0.1) is 5.92 Å². The van der Waals surface area contributed by atoms with Crippen LogP contribution in [0.2, 0.25) is 0 Å². The van der Waals surface area contributed by atoms with Gasteiger partial charge in [0.25, 0.3) is 0 Å². The second-order valence-corrected chi connectivity index (χ2v) is 7.45. The summed E-state index contributed by atoms with van der Waals surface area (Å²) in [6.45, 7) is 3.68. The molecule has 6 heteroatoms. The summed E-state index contributed by atoms with van der Waals surface area (Å²) in [7, 11) is 0. The van der Waals surface area contributed by atoms with Crippen LogP contribution in [-0.2, 0) is 4.79 Å². The third kappa shape index (κ3) is 3.40. The molecule has 2 amide bonds. The number of nitrogens with one attached hydrogen (secondary N) is 1. The van der Waals surface area contributed by atoms with Crippen molar-refractivity contribution in [2.45, 2.75) is 37.4 Å². The van der Waals surface area contributed by atoms with Crippen molar-refractivity contribution in [1.82, 2.24) is 10.2 Å². The second-order valence-electron chi connectivity index (χ2n) is 6.18. The number of rotatable bonds is 4. The molecule has 2 N–H and O–H groups in total. The van der Waals surface area contributed by atoms with Crippen molar-refractivity contribution >= 4 is 23.8 Å². The Bertz CT molecular complexity index is 379. The molecule has 2 atom stereocenters. The van der Waals surface area contributed by atoms with Gasteiger partial charge in [-0.2, -0.15) is 11.8 Å². The monoisotopic (exact) mass is 300 g/mol. The SMILES string of the molecule is CSC1(CNC(=O)N2CC(C)CC(C(=O)O)C2)CCC1. The van der Waals surface area contributed by atoms with Crippen LogP contribution in [0, 0.1) is 11.8 Å². The van der Waals surface area contributed by atoms with Gasteiger partial charge in [0, 0.05) is 24.4 Å². The molecule has 0 aromatic carbocycles. The van der Waals surface area contributed by atoms with Crippen LogP contribution in [-0.4, -0.2) is 52.6 Å². The molecule has 2 rings (SSSR count). The summed E-state index contributed by atoms with van der Waals surface area (Å²) in [6.07, 6.45) is 6.30. The van der Waals surface area contributed by atoms with E-state index in [0.717, 1.165) is 12.8 Å². The molecule has 114 valence electrons. The van der Waals surface area contributed by atoms with Gasteiger partial charge < -0.3 is 15.3 Å². The number of carboxylic acids is 1. The number of aliphatic carboxylic acids is 1. The number of thioether (sulfide) groups is 1. The third-order valence-corrected chi connectivity index (χ3v) is 5.97. The minimum atomic E-state index is -0.797. The van der Waals surface area contributed by atoms with Gasteiger partial charge in [-0.25, -0.2) is 4.79 Å². The molecule has 0 aromatic rings. The third-order valence-electron chi connectivity index (χ3n) is 4.56. The number of carboxylic acid groups (broad SMARTS) is 1. The zero-order valence-corrected chi connectivity index (χ0v) is 13.0. The first kappa shape index (κ1) is 15.5. The topological polar surface area (TPSA) is 69.6 Å². The Morgan fingerprint density at radius 3 is 2.60 bits per heavy atom. The van der Waals surface area contributed by atoms with Crippen molar-refractivity contribution in [1.29, 1.82) is 0 Å². The molecule has 1 saturated heterocycles. The van der Waals surface area contributed by atoms with Crippen molar-refractivity contribution in [3.8, 4) is 0 Å². The lowest BCUT2D eigenvalue weighted by atomic mass is 9.84. The van der Waals surface area contributed by atoms with E-state index in [-0.39, 0.29) is 16.7 Å². The van der Waals surface area contributed by atoms with E-state index in [1.165, 1.54) is 6.42 Å². The van der Waals surface area contributed by atoms with Crippen molar-refractivity contribution in [2.75, 3.05) is 25.9 Å². The second kappa shape index (κ2) is 6.24. The minimum Gasteiger partial charge on any atom is -0.481 e. The zero-order chi connectivity index (χ0) is 14.8. The fourth-order valence-corrected chi connectivity index (χ4v) is 3.98. The highest BCUT2D eigenvalue weighted by Gasteiger charge is 2.37. The van der Waals surface area contributed by atoms with Crippen LogP contribution >= 0.6 is 11.8 Å². The molecule has 1 aliphatic heterocycles. The molecule has 1 aliphatic carbocycles. The van der Waals surface area contributed by atoms with Gasteiger partial charge in [0.1, 0.15) is 0 Å². The zero-order valence-electron chi connectivity index (χ0n) is 12.2. The summed E-state index contributed by atoms with van der Waals surface area (Å²) in [5.74, 6) is -0.981. The van der Waals surface area contributed by atoms with Crippen molar-refractivity contribution in [2.24, 2.45) is 11.8 Å². The lowest BCUT2D eigenvalue weighted by molar-refractivity contribution is -0.143. The number of piperidine rings is 1. The highest BCUT2D eigenvalue weighted by Crippen LogP contribution is 2.42. The standard InChI is InChI=1S/C14H24N2O3S/c1-10-6-11(12(17)18)8-16(7-10)13(19)15-9-14(20-2)4-3-5-14/h10-11H,3-9H2,1-2H3,(H,15,19)(H,17,18). The fourth-order valence-electron chi connectivity index (χ4n) is 3.07. The molecule has 2 aliphatic rings. The van der Waals surface area contributed by atoms with Crippen LogP contribution in [0.1, 0.15) is 32.6 Å². The number of likely N-dealkylation sites (tertiary alicyclic amines) is 1. The smallest absolute Gasteiger partial charge is 0.317 e. The van der Waals surface area contributed by atoms with Gasteiger partial charge in [0.15, 0.2) is 0 Å². The number of hydrogen-bond donors (Lipinski definition) is 2. The quantitative estimate of drug-likeness (QED) is 0.833. The first-order chi connectivity index (χ1) is 9.46. The maximum Gasteiger partial charge on any atom is 0.317 e. The Morgan fingerprint density at radius 1 is 1.40 bits per heavy atom. The summed E-state index contributed by atoms with van der Waals surface area (Å²) in [4.78, 5) is 25.0. The van der Waals surface area contributed by atoms with Gasteiger partial charge in [-0.05, 0) is 31.4 Å². The Morgan fingerprint density at radius 2 is 2.10 bits per heavy atom. The average molecular weight is 300 g/mol. The number of amides is 2. The molecule has 0 radical (unpaired) electrons. The molecule has 5 nitrogen and oxygen atoms in total. The van der Waals surface area contributed by atoms with E-state index in [0.29, 0.717) is 26.1 Å². The highest BCUT2D eigenvalue weighted by atomic mass is 32.2. The lowest BCUT2D eigenvalue weighted by Crippen LogP contribution is -2.53. The number of urea groups is 1. The normalized spacial score (nSPS) is 28.6. The predicted octanol–water partition coefficient (Wildman–Crippen LogP) is 2.02. The minimum absolute atomic E-state index is 0.108. The molecular formula is C14H24N2O3S. The molecular weight excluding hydrogens is 276 g/mol. The van der Waals surface area contributed by atoms with Crippen LogP contribution in [0.25, 0.3) is 0 Å². The Balaban J connectivity index is 1.86. The lowest BCUT2D eigenvalue weighted by Gasteiger charge is -2.41. The fraction of sp³-hybridized carbons (Fsp3) is 0.857. The predicted molar refractivity (Wildman–Crippen MR) is 80.0 cm³/mol. The highest BCUT2D eigenvalue weighted by molar-refractivity contribution is 8.00. The van der Waals surface area contributed by atoms with Crippen LogP contribution in [0.4, 0.5) is 4.79 Å². The molecule has 0 bridgehead atoms. The summed E-state index contributed by atoms with van der Waals surface area (Å²) in [6, 6.07) is -0.108. The first-order valence-corrected chi connectivity index (χ1v) is 8.49. The van der Waals surface area contributed by atoms with Gasteiger partial charge in [-0.3, -0.25) is 4.79 Å². The number of hydrogen-bond acceptors (Lipinski definition) is 3. The van der Waals surface area contributed by atoms with Crippen LogP contribution < -0.4 is 5.32 Å². The molecule has 1 heterocycles. The Labute approximate surface area is 124 Å². The van der Waals surface area contributed by atoms with E-state index >= 15 is 0 Å². The van der Waals surface area contributed by atoms with E-state index in [1.54, 1.807) is 4.90 Å². The van der Waals surface area contributed by atoms with Crippen molar-refractivity contribution in [3.05, 3.63) is 0 Å². The van der Waals surface area contributed by atoms with Gasteiger partial charge >= 0.3 is 12.0 Å². The van der Waals surface area contributed by atoms with E-state index in [9.17, 15) is 9.59 Å². The summed E-state index contributed by atoms with van der Waals surface area (Å²) in [5, 5.41) is 12.1.